The van der Waals surface area contributed by atoms with E-state index < -0.39 is 38.9 Å². The van der Waals surface area contributed by atoms with Crippen molar-refractivity contribution in [2.75, 3.05) is 51.7 Å². The highest BCUT2D eigenvalue weighted by Gasteiger charge is 2.66. The van der Waals surface area contributed by atoms with E-state index >= 15 is 0 Å². The summed E-state index contributed by atoms with van der Waals surface area (Å²) < 4.78 is 26.1. The van der Waals surface area contributed by atoms with Crippen molar-refractivity contribution < 1.29 is 27.9 Å². The number of hydrogen-bond donors (Lipinski definition) is 1. The number of aliphatic hydroxyl groups is 1. The molecule has 2 aliphatic rings. The van der Waals surface area contributed by atoms with Gasteiger partial charge in [0.05, 0.1) is 16.2 Å². The zero-order valence-corrected chi connectivity index (χ0v) is 23.7. The number of amides is 2. The Kier molecular flexibility index (Phi) is 7.70. The van der Waals surface area contributed by atoms with Crippen molar-refractivity contribution in [3.63, 3.8) is 0 Å². The number of anilines is 1. The van der Waals surface area contributed by atoms with E-state index in [1.807, 2.05) is 13.8 Å². The number of benzene rings is 2. The fourth-order valence-electron chi connectivity index (χ4n) is 5.40. The summed E-state index contributed by atoms with van der Waals surface area (Å²) in [5.74, 6) is -2.85. The number of hydrogen-bond acceptors (Lipinski definition) is 7. The van der Waals surface area contributed by atoms with E-state index in [2.05, 4.69) is 4.90 Å². The summed E-state index contributed by atoms with van der Waals surface area (Å²) in [6.45, 7) is 8.06. The molecule has 4 rings (SSSR count). The van der Waals surface area contributed by atoms with E-state index in [-0.39, 0.29) is 22.6 Å². The number of ketones is 1. The molecule has 11 heteroatoms. The highest BCUT2D eigenvalue weighted by atomic mass is 32.2. The second-order valence-electron chi connectivity index (χ2n) is 9.63. The molecule has 39 heavy (non-hydrogen) atoms. The second-order valence-corrected chi connectivity index (χ2v) is 11.8. The highest BCUT2D eigenvalue weighted by molar-refractivity contribution is 7.89. The number of aliphatic hydroxyl groups excluding tert-OH is 1. The van der Waals surface area contributed by atoms with Crippen LogP contribution < -0.4 is 4.90 Å². The molecule has 0 saturated carbocycles. The molecular formula is C28H34N4O6S. The van der Waals surface area contributed by atoms with Gasteiger partial charge in [0.25, 0.3) is 17.6 Å². The van der Waals surface area contributed by atoms with E-state index in [0.29, 0.717) is 24.3 Å². The lowest BCUT2D eigenvalue weighted by Gasteiger charge is -2.35. The molecule has 2 amide bonds. The van der Waals surface area contributed by atoms with E-state index in [4.69, 9.17) is 0 Å². The maximum absolute atomic E-state index is 14.2. The molecule has 208 valence electrons. The molecule has 1 unspecified atom stereocenters. The average molecular weight is 555 g/mol. The van der Waals surface area contributed by atoms with Crippen LogP contribution >= 0.6 is 0 Å². The molecule has 0 aliphatic carbocycles. The minimum Gasteiger partial charge on any atom is -0.507 e. The predicted octanol–water partition coefficient (Wildman–Crippen LogP) is 2.22. The molecule has 0 radical (unpaired) electrons. The zero-order chi connectivity index (χ0) is 28.7. The second kappa shape index (κ2) is 10.6. The van der Waals surface area contributed by atoms with E-state index in [9.17, 15) is 27.9 Å². The molecule has 2 aromatic carbocycles. The Bertz CT molecular complexity index is 1450. The molecular weight excluding hydrogens is 520 g/mol. The van der Waals surface area contributed by atoms with Gasteiger partial charge >= 0.3 is 0 Å². The van der Waals surface area contributed by atoms with Crippen molar-refractivity contribution >= 4 is 39.1 Å². The zero-order valence-electron chi connectivity index (χ0n) is 22.8. The van der Waals surface area contributed by atoms with Crippen LogP contribution in [0, 0.1) is 0 Å². The number of para-hydroxylation sites is 1. The van der Waals surface area contributed by atoms with Crippen LogP contribution in [-0.2, 0) is 29.9 Å². The molecule has 2 heterocycles. The molecule has 2 aliphatic heterocycles. The smallest absolute Gasteiger partial charge is 0.296 e. The summed E-state index contributed by atoms with van der Waals surface area (Å²) in [4.78, 5) is 46.4. The van der Waals surface area contributed by atoms with Crippen molar-refractivity contribution in [2.24, 2.45) is 0 Å². The van der Waals surface area contributed by atoms with Crippen molar-refractivity contribution in [2.45, 2.75) is 31.2 Å². The SMILES string of the molecule is CCN(CC)CCN1C(=O)C(=O)/C(=C(/O)c2ccc(S(=O)(=O)N(C)C)cc2)C12C(=O)N(CC)c1ccccc12. The van der Waals surface area contributed by atoms with Gasteiger partial charge in [0.1, 0.15) is 5.76 Å². The Hall–Kier alpha value is -3.54. The molecule has 2 aromatic rings. The maximum Gasteiger partial charge on any atom is 0.296 e. The van der Waals surface area contributed by atoms with Crippen LogP contribution in [-0.4, -0.2) is 92.0 Å². The van der Waals surface area contributed by atoms with Gasteiger partial charge in [-0.25, -0.2) is 12.7 Å². The number of Topliss-reactive ketones (excluding diaryl/α,β-unsaturated/α-hetero) is 1. The third-order valence-electron chi connectivity index (χ3n) is 7.57. The van der Waals surface area contributed by atoms with Gasteiger partial charge in [-0.1, -0.05) is 32.0 Å². The van der Waals surface area contributed by atoms with Crippen molar-refractivity contribution in [3.05, 3.63) is 65.2 Å². The number of likely N-dealkylation sites (tertiary alicyclic amines) is 1. The summed E-state index contributed by atoms with van der Waals surface area (Å²) in [6.07, 6.45) is 0. The van der Waals surface area contributed by atoms with Crippen LogP contribution in [0.1, 0.15) is 31.9 Å². The third-order valence-corrected chi connectivity index (χ3v) is 9.40. The van der Waals surface area contributed by atoms with Gasteiger partial charge in [0, 0.05) is 44.9 Å². The Morgan fingerprint density at radius 2 is 1.56 bits per heavy atom. The molecule has 1 atom stereocenters. The molecule has 0 aromatic heterocycles. The maximum atomic E-state index is 14.2. The quantitative estimate of drug-likeness (QED) is 0.287. The lowest BCUT2D eigenvalue weighted by atomic mass is 9.82. The standard InChI is InChI=1S/C28H34N4O6S/c1-6-30(7-2)17-18-32-26(35)25(34)23(24(33)19-13-15-20(16-14-19)39(37,38)29(4)5)28(32)21-11-9-10-12-22(21)31(8-3)27(28)36/h9-16,33H,6-8,17-18H2,1-5H3/b24-23-. The van der Waals surface area contributed by atoms with Gasteiger partial charge < -0.3 is 19.8 Å². The van der Waals surface area contributed by atoms with E-state index in [1.165, 1.54) is 48.2 Å². The first-order valence-electron chi connectivity index (χ1n) is 12.9. The van der Waals surface area contributed by atoms with Gasteiger partial charge in [-0.05, 0) is 50.3 Å². The van der Waals surface area contributed by atoms with Crippen LogP contribution in [0.25, 0.3) is 5.76 Å². The predicted molar refractivity (Wildman–Crippen MR) is 148 cm³/mol. The molecule has 0 bridgehead atoms. The Morgan fingerprint density at radius 1 is 0.949 bits per heavy atom. The number of fused-ring (bicyclic) bond motifs is 2. The molecule has 1 saturated heterocycles. The van der Waals surface area contributed by atoms with Crippen LogP contribution in [0.3, 0.4) is 0 Å². The average Bonchev–Trinajstić information content (AvgIpc) is 3.31. The number of carbonyl (C=O) groups excluding carboxylic acids is 3. The largest absolute Gasteiger partial charge is 0.507 e. The van der Waals surface area contributed by atoms with Crippen LogP contribution in [0.15, 0.2) is 59.0 Å². The summed E-state index contributed by atoms with van der Waals surface area (Å²) in [5.41, 5.74) is -1.02. The lowest BCUT2D eigenvalue weighted by Crippen LogP contribution is -2.53. The van der Waals surface area contributed by atoms with Crippen molar-refractivity contribution in [1.29, 1.82) is 0 Å². The van der Waals surface area contributed by atoms with Gasteiger partial charge in [-0.15, -0.1) is 0 Å². The fourth-order valence-corrected chi connectivity index (χ4v) is 6.30. The topological polar surface area (TPSA) is 119 Å². The first-order valence-corrected chi connectivity index (χ1v) is 14.4. The van der Waals surface area contributed by atoms with Gasteiger partial charge in [-0.2, -0.15) is 0 Å². The summed E-state index contributed by atoms with van der Waals surface area (Å²) in [5, 5.41) is 11.6. The minimum atomic E-state index is -3.73. The Balaban J connectivity index is 1.96. The van der Waals surface area contributed by atoms with E-state index in [0.717, 1.165) is 17.4 Å². The van der Waals surface area contributed by atoms with Crippen LogP contribution in [0.5, 0.6) is 0 Å². The van der Waals surface area contributed by atoms with Gasteiger partial charge in [0.2, 0.25) is 10.0 Å². The van der Waals surface area contributed by atoms with Crippen LogP contribution in [0.2, 0.25) is 0 Å². The normalized spacial score (nSPS) is 20.6. The number of carbonyl (C=O) groups is 3. The van der Waals surface area contributed by atoms with E-state index in [1.54, 1.807) is 31.2 Å². The molecule has 1 N–H and O–H groups in total. The summed E-state index contributed by atoms with van der Waals surface area (Å²) in [6, 6.07) is 12.3. The first kappa shape index (κ1) is 28.5. The van der Waals surface area contributed by atoms with Crippen LogP contribution in [0.4, 0.5) is 5.69 Å². The molecule has 1 spiro atoms. The number of nitrogens with zero attached hydrogens (tertiary/aromatic N) is 4. The lowest BCUT2D eigenvalue weighted by molar-refractivity contribution is -0.143. The Morgan fingerprint density at radius 3 is 2.13 bits per heavy atom. The fraction of sp³-hybridized carbons (Fsp3) is 0.393. The molecule has 10 nitrogen and oxygen atoms in total. The van der Waals surface area contributed by atoms with Crippen molar-refractivity contribution in [1.82, 2.24) is 14.1 Å². The van der Waals surface area contributed by atoms with Crippen molar-refractivity contribution in [3.8, 4) is 0 Å². The van der Waals surface area contributed by atoms with Gasteiger partial charge in [-0.3, -0.25) is 14.4 Å². The number of rotatable bonds is 9. The summed E-state index contributed by atoms with van der Waals surface area (Å²) in [7, 11) is -0.913. The highest BCUT2D eigenvalue weighted by Crippen LogP contribution is 2.53. The Labute approximate surface area is 229 Å². The third kappa shape index (κ3) is 4.25. The first-order chi connectivity index (χ1) is 18.5. The number of likely N-dealkylation sites (N-methyl/N-ethyl adjacent to an activating group) is 2. The molecule has 1 fully saturated rings. The monoisotopic (exact) mass is 554 g/mol. The van der Waals surface area contributed by atoms with Gasteiger partial charge in [0.15, 0.2) is 5.54 Å². The number of sulfonamides is 1. The summed E-state index contributed by atoms with van der Waals surface area (Å²) >= 11 is 0. The minimum absolute atomic E-state index is 0.00196.